The number of hydrogen-bond donors (Lipinski definition) is 1. The third-order valence-corrected chi connectivity index (χ3v) is 3.01. The van der Waals surface area contributed by atoms with Gasteiger partial charge in [-0.3, -0.25) is 14.5 Å². The van der Waals surface area contributed by atoms with Crippen LogP contribution < -0.4 is 5.32 Å². The number of ether oxygens (including phenoxy) is 1. The van der Waals surface area contributed by atoms with Crippen molar-refractivity contribution < 1.29 is 18.7 Å². The molecule has 0 radical (unpaired) electrons. The van der Waals surface area contributed by atoms with Crippen LogP contribution in [0.4, 0.5) is 0 Å². The Labute approximate surface area is 119 Å². The zero-order chi connectivity index (χ0) is 15.0. The van der Waals surface area contributed by atoms with Crippen LogP contribution in [0.1, 0.15) is 26.0 Å². The standard InChI is InChI=1S/C14H22N2O4/c1-4-7-16(10-13(17)19-3)11(2)14(18)15-9-12-6-5-8-20-12/h5-6,8,11H,4,7,9-10H2,1-3H3,(H,15,18). The van der Waals surface area contributed by atoms with Gasteiger partial charge in [0.1, 0.15) is 5.76 Å². The average molecular weight is 282 g/mol. The predicted octanol–water partition coefficient (Wildman–Crippen LogP) is 1.17. The molecule has 1 aromatic rings. The summed E-state index contributed by atoms with van der Waals surface area (Å²) in [5.41, 5.74) is 0. The van der Waals surface area contributed by atoms with Crippen molar-refractivity contribution in [3.8, 4) is 0 Å². The van der Waals surface area contributed by atoms with Crippen molar-refractivity contribution in [3.63, 3.8) is 0 Å². The number of rotatable bonds is 8. The van der Waals surface area contributed by atoms with E-state index in [0.717, 1.165) is 6.42 Å². The molecule has 0 aromatic carbocycles. The Hall–Kier alpha value is -1.82. The van der Waals surface area contributed by atoms with Gasteiger partial charge in [0.05, 0.1) is 32.5 Å². The molecule has 0 spiro atoms. The van der Waals surface area contributed by atoms with Crippen molar-refractivity contribution in [2.24, 2.45) is 0 Å². The first-order chi connectivity index (χ1) is 9.58. The van der Waals surface area contributed by atoms with E-state index in [-0.39, 0.29) is 18.4 Å². The van der Waals surface area contributed by atoms with Gasteiger partial charge >= 0.3 is 5.97 Å². The van der Waals surface area contributed by atoms with Crippen LogP contribution in [0, 0.1) is 0 Å². The monoisotopic (exact) mass is 282 g/mol. The SMILES string of the molecule is CCCN(CC(=O)OC)C(C)C(=O)NCc1ccco1. The largest absolute Gasteiger partial charge is 0.468 e. The normalized spacial score (nSPS) is 12.2. The third kappa shape index (κ3) is 5.05. The summed E-state index contributed by atoms with van der Waals surface area (Å²) >= 11 is 0. The molecular formula is C14H22N2O4. The lowest BCUT2D eigenvalue weighted by Gasteiger charge is -2.26. The van der Waals surface area contributed by atoms with Crippen LogP contribution in [0.5, 0.6) is 0 Å². The molecule has 20 heavy (non-hydrogen) atoms. The predicted molar refractivity (Wildman–Crippen MR) is 73.9 cm³/mol. The molecule has 0 aliphatic heterocycles. The van der Waals surface area contributed by atoms with E-state index in [4.69, 9.17) is 4.42 Å². The summed E-state index contributed by atoms with van der Waals surface area (Å²) in [5, 5.41) is 2.79. The molecule has 1 N–H and O–H groups in total. The fraction of sp³-hybridized carbons (Fsp3) is 0.571. The maximum Gasteiger partial charge on any atom is 0.319 e. The zero-order valence-electron chi connectivity index (χ0n) is 12.2. The molecule has 1 atom stereocenters. The van der Waals surface area contributed by atoms with Gasteiger partial charge in [0.25, 0.3) is 0 Å². The Balaban J connectivity index is 2.51. The molecule has 0 saturated heterocycles. The smallest absolute Gasteiger partial charge is 0.319 e. The molecule has 1 unspecified atom stereocenters. The number of amides is 1. The van der Waals surface area contributed by atoms with E-state index < -0.39 is 6.04 Å². The minimum Gasteiger partial charge on any atom is -0.468 e. The minimum absolute atomic E-state index is 0.111. The summed E-state index contributed by atoms with van der Waals surface area (Å²) in [6.45, 7) is 4.88. The number of nitrogens with zero attached hydrogens (tertiary/aromatic N) is 1. The Morgan fingerprint density at radius 2 is 2.25 bits per heavy atom. The van der Waals surface area contributed by atoms with Gasteiger partial charge in [0.15, 0.2) is 0 Å². The second kappa shape index (κ2) is 8.37. The highest BCUT2D eigenvalue weighted by atomic mass is 16.5. The molecule has 6 nitrogen and oxygen atoms in total. The summed E-state index contributed by atoms with van der Waals surface area (Å²) in [6, 6.07) is 3.17. The molecule has 1 heterocycles. The van der Waals surface area contributed by atoms with Gasteiger partial charge in [0, 0.05) is 0 Å². The molecule has 0 fully saturated rings. The molecule has 1 rings (SSSR count). The maximum absolute atomic E-state index is 12.1. The molecule has 0 saturated carbocycles. The number of carbonyl (C=O) groups excluding carboxylic acids is 2. The summed E-state index contributed by atoms with van der Waals surface area (Å²) in [4.78, 5) is 25.2. The van der Waals surface area contributed by atoms with Gasteiger partial charge in [-0.2, -0.15) is 0 Å². The molecule has 1 amide bonds. The summed E-state index contributed by atoms with van der Waals surface area (Å²) < 4.78 is 9.80. The van der Waals surface area contributed by atoms with Gasteiger partial charge in [-0.15, -0.1) is 0 Å². The van der Waals surface area contributed by atoms with Crippen LogP contribution in [-0.4, -0.2) is 43.0 Å². The van der Waals surface area contributed by atoms with E-state index >= 15 is 0 Å². The quantitative estimate of drug-likeness (QED) is 0.725. The zero-order valence-corrected chi connectivity index (χ0v) is 12.2. The van der Waals surface area contributed by atoms with Gasteiger partial charge in [-0.05, 0) is 32.0 Å². The lowest BCUT2D eigenvalue weighted by atomic mass is 10.2. The van der Waals surface area contributed by atoms with Crippen molar-refractivity contribution in [2.75, 3.05) is 20.2 Å². The van der Waals surface area contributed by atoms with Crippen molar-refractivity contribution in [3.05, 3.63) is 24.2 Å². The number of furan rings is 1. The van der Waals surface area contributed by atoms with Gasteiger partial charge < -0.3 is 14.5 Å². The third-order valence-electron chi connectivity index (χ3n) is 3.01. The topological polar surface area (TPSA) is 71.8 Å². The van der Waals surface area contributed by atoms with Crippen LogP contribution in [0.3, 0.4) is 0 Å². The van der Waals surface area contributed by atoms with Crippen LogP contribution in [0.15, 0.2) is 22.8 Å². The number of hydrogen-bond acceptors (Lipinski definition) is 5. The number of carbonyl (C=O) groups is 2. The molecular weight excluding hydrogens is 260 g/mol. The Kier molecular flexibility index (Phi) is 6.79. The first-order valence-electron chi connectivity index (χ1n) is 6.69. The average Bonchev–Trinajstić information content (AvgIpc) is 2.96. The fourth-order valence-electron chi connectivity index (χ4n) is 1.83. The second-order valence-corrected chi connectivity index (χ2v) is 4.52. The lowest BCUT2D eigenvalue weighted by Crippen LogP contribution is -2.47. The molecule has 0 bridgehead atoms. The summed E-state index contributed by atoms with van der Waals surface area (Å²) in [7, 11) is 1.34. The molecule has 0 aliphatic rings. The fourth-order valence-corrected chi connectivity index (χ4v) is 1.83. The van der Waals surface area contributed by atoms with Gasteiger partial charge in [-0.1, -0.05) is 6.92 Å². The summed E-state index contributed by atoms with van der Waals surface area (Å²) in [5.74, 6) is 0.212. The maximum atomic E-state index is 12.1. The van der Waals surface area contributed by atoms with Gasteiger partial charge in [0.2, 0.25) is 5.91 Å². The van der Waals surface area contributed by atoms with Crippen LogP contribution in [-0.2, 0) is 20.9 Å². The highest BCUT2D eigenvalue weighted by Crippen LogP contribution is 2.03. The van der Waals surface area contributed by atoms with Crippen LogP contribution in [0.25, 0.3) is 0 Å². The van der Waals surface area contributed by atoms with Crippen molar-refractivity contribution >= 4 is 11.9 Å². The molecule has 1 aromatic heterocycles. The Morgan fingerprint density at radius 1 is 1.50 bits per heavy atom. The van der Waals surface area contributed by atoms with Crippen molar-refractivity contribution in [1.82, 2.24) is 10.2 Å². The van der Waals surface area contributed by atoms with Crippen molar-refractivity contribution in [2.45, 2.75) is 32.9 Å². The van der Waals surface area contributed by atoms with E-state index in [1.807, 2.05) is 6.92 Å². The van der Waals surface area contributed by atoms with Crippen LogP contribution in [0.2, 0.25) is 0 Å². The first-order valence-corrected chi connectivity index (χ1v) is 6.69. The molecule has 6 heteroatoms. The van der Waals surface area contributed by atoms with E-state index in [1.54, 1.807) is 30.2 Å². The second-order valence-electron chi connectivity index (χ2n) is 4.52. The molecule has 112 valence electrons. The Bertz CT molecular complexity index is 417. The molecule has 0 aliphatic carbocycles. The highest BCUT2D eigenvalue weighted by Gasteiger charge is 2.23. The number of nitrogens with one attached hydrogen (secondary N) is 1. The van der Waals surface area contributed by atoms with E-state index in [1.165, 1.54) is 7.11 Å². The summed E-state index contributed by atoms with van der Waals surface area (Å²) in [6.07, 6.45) is 2.42. The highest BCUT2D eigenvalue weighted by molar-refractivity contribution is 5.82. The minimum atomic E-state index is -0.399. The van der Waals surface area contributed by atoms with E-state index in [0.29, 0.717) is 18.8 Å². The van der Waals surface area contributed by atoms with Gasteiger partial charge in [-0.25, -0.2) is 0 Å². The number of esters is 1. The van der Waals surface area contributed by atoms with E-state index in [9.17, 15) is 9.59 Å². The van der Waals surface area contributed by atoms with E-state index in [2.05, 4.69) is 10.1 Å². The Morgan fingerprint density at radius 3 is 2.80 bits per heavy atom. The number of methoxy groups -OCH3 is 1. The van der Waals surface area contributed by atoms with Crippen LogP contribution >= 0.6 is 0 Å². The van der Waals surface area contributed by atoms with Crippen molar-refractivity contribution in [1.29, 1.82) is 0 Å². The first kappa shape index (κ1) is 16.2. The lowest BCUT2D eigenvalue weighted by molar-refractivity contribution is -0.143.